The molecule has 0 aromatic heterocycles. The van der Waals surface area contributed by atoms with Gasteiger partial charge in [0.25, 0.3) is 5.91 Å². The van der Waals surface area contributed by atoms with E-state index < -0.39 is 17.6 Å². The Labute approximate surface area is 114 Å². The lowest BCUT2D eigenvalue weighted by atomic mass is 10.1. The zero-order valence-electron chi connectivity index (χ0n) is 10.4. The highest BCUT2D eigenvalue weighted by Gasteiger charge is 2.34. The second-order valence-electron chi connectivity index (χ2n) is 4.21. The van der Waals surface area contributed by atoms with E-state index in [1.165, 1.54) is 18.2 Å². The van der Waals surface area contributed by atoms with E-state index in [4.69, 9.17) is 0 Å². The molecule has 0 spiro atoms. The Bertz CT molecular complexity index is 594. The molecule has 104 valence electrons. The first-order valence-electron chi connectivity index (χ1n) is 5.97. The number of hydrogen-bond acceptors (Lipinski definition) is 1. The highest BCUT2D eigenvalue weighted by Crippen LogP contribution is 2.31. The van der Waals surface area contributed by atoms with Gasteiger partial charge in [-0.3, -0.25) is 4.79 Å². The lowest BCUT2D eigenvalue weighted by Gasteiger charge is -2.12. The Morgan fingerprint density at radius 3 is 2.20 bits per heavy atom. The van der Waals surface area contributed by atoms with E-state index in [0.29, 0.717) is 0 Å². The number of rotatable bonds is 3. The van der Waals surface area contributed by atoms with E-state index in [0.717, 1.165) is 11.6 Å². The molecule has 0 radical (unpaired) electrons. The molecule has 0 atom stereocenters. The summed E-state index contributed by atoms with van der Waals surface area (Å²) in [6.07, 6.45) is -4.54. The summed E-state index contributed by atoms with van der Waals surface area (Å²) in [6.45, 7) is 0.186. The van der Waals surface area contributed by atoms with Crippen LogP contribution in [0.2, 0.25) is 0 Å². The van der Waals surface area contributed by atoms with Crippen LogP contribution in [0.1, 0.15) is 21.5 Å². The zero-order chi connectivity index (χ0) is 14.6. The molecule has 0 fully saturated rings. The van der Waals surface area contributed by atoms with Crippen molar-refractivity contribution < 1.29 is 18.0 Å². The molecule has 0 heterocycles. The van der Waals surface area contributed by atoms with E-state index in [9.17, 15) is 18.0 Å². The van der Waals surface area contributed by atoms with Crippen LogP contribution in [-0.2, 0) is 12.7 Å². The average molecular weight is 279 g/mol. The summed E-state index contributed by atoms with van der Waals surface area (Å²) < 4.78 is 38.4. The van der Waals surface area contributed by atoms with E-state index in [2.05, 4.69) is 5.32 Å². The Morgan fingerprint density at radius 1 is 0.950 bits per heavy atom. The molecule has 2 aromatic rings. The second-order valence-corrected chi connectivity index (χ2v) is 4.21. The van der Waals surface area contributed by atoms with Gasteiger partial charge < -0.3 is 5.32 Å². The lowest BCUT2D eigenvalue weighted by Crippen LogP contribution is -2.25. The van der Waals surface area contributed by atoms with Gasteiger partial charge in [-0.15, -0.1) is 0 Å². The molecule has 0 saturated carbocycles. The Balaban J connectivity index is 2.14. The first-order chi connectivity index (χ1) is 9.48. The van der Waals surface area contributed by atoms with E-state index in [1.807, 2.05) is 6.07 Å². The predicted molar refractivity (Wildman–Crippen MR) is 69.1 cm³/mol. The first-order valence-corrected chi connectivity index (χ1v) is 5.97. The fraction of sp³-hybridized carbons (Fsp3) is 0.133. The summed E-state index contributed by atoms with van der Waals surface area (Å²) in [7, 11) is 0. The first kappa shape index (κ1) is 14.1. The van der Waals surface area contributed by atoms with Crippen LogP contribution >= 0.6 is 0 Å². The number of benzene rings is 2. The molecular formula is C15H12F3NO. The smallest absolute Gasteiger partial charge is 0.348 e. The minimum absolute atomic E-state index is 0.186. The van der Waals surface area contributed by atoms with Gasteiger partial charge in [0.05, 0.1) is 11.1 Å². The standard InChI is InChI=1S/C15H12F3NO/c16-15(17,18)13-9-5-4-8-12(13)14(20)19-10-11-6-2-1-3-7-11/h1-9H,10H2,(H,19,20). The SMILES string of the molecule is O=C(NCc1ccccc1)c1ccccc1C(F)(F)F. The third-order valence-electron chi connectivity index (χ3n) is 2.77. The Kier molecular flexibility index (Phi) is 4.08. The van der Waals surface area contributed by atoms with Crippen molar-refractivity contribution >= 4 is 5.91 Å². The summed E-state index contributed by atoms with van der Waals surface area (Å²) in [6, 6.07) is 13.7. The highest BCUT2D eigenvalue weighted by atomic mass is 19.4. The maximum Gasteiger partial charge on any atom is 0.417 e. The van der Waals surface area contributed by atoms with Gasteiger partial charge in [-0.2, -0.15) is 13.2 Å². The summed E-state index contributed by atoms with van der Waals surface area (Å²) in [5.74, 6) is -0.734. The van der Waals surface area contributed by atoms with Crippen molar-refractivity contribution in [2.75, 3.05) is 0 Å². The van der Waals surface area contributed by atoms with Crippen LogP contribution in [0.4, 0.5) is 13.2 Å². The second kappa shape index (κ2) is 5.77. The minimum Gasteiger partial charge on any atom is -0.348 e. The zero-order valence-corrected chi connectivity index (χ0v) is 10.4. The Hall–Kier alpha value is -2.30. The van der Waals surface area contributed by atoms with Crippen molar-refractivity contribution in [1.29, 1.82) is 0 Å². The molecule has 0 aliphatic carbocycles. The van der Waals surface area contributed by atoms with Crippen molar-refractivity contribution in [3.8, 4) is 0 Å². The molecule has 2 rings (SSSR count). The number of hydrogen-bond donors (Lipinski definition) is 1. The lowest BCUT2D eigenvalue weighted by molar-refractivity contribution is -0.137. The van der Waals surface area contributed by atoms with Crippen molar-refractivity contribution in [3.63, 3.8) is 0 Å². The van der Waals surface area contributed by atoms with E-state index in [-0.39, 0.29) is 12.1 Å². The number of carbonyl (C=O) groups is 1. The van der Waals surface area contributed by atoms with Gasteiger partial charge in [0.15, 0.2) is 0 Å². The highest BCUT2D eigenvalue weighted by molar-refractivity contribution is 5.95. The van der Waals surface area contributed by atoms with Gasteiger partial charge in [0.2, 0.25) is 0 Å². The molecule has 0 aliphatic heterocycles. The summed E-state index contributed by atoms with van der Waals surface area (Å²) >= 11 is 0. The monoisotopic (exact) mass is 279 g/mol. The van der Waals surface area contributed by atoms with Crippen LogP contribution in [0.3, 0.4) is 0 Å². The molecule has 1 amide bonds. The van der Waals surface area contributed by atoms with Crippen LogP contribution < -0.4 is 5.32 Å². The fourth-order valence-electron chi connectivity index (χ4n) is 1.80. The van der Waals surface area contributed by atoms with Crippen molar-refractivity contribution in [1.82, 2.24) is 5.32 Å². The third kappa shape index (κ3) is 3.38. The maximum absolute atomic E-state index is 12.8. The molecule has 20 heavy (non-hydrogen) atoms. The average Bonchev–Trinajstić information content (AvgIpc) is 2.45. The fourth-order valence-corrected chi connectivity index (χ4v) is 1.80. The molecule has 0 unspecified atom stereocenters. The molecule has 2 aromatic carbocycles. The number of alkyl halides is 3. The van der Waals surface area contributed by atoms with Gasteiger partial charge in [0, 0.05) is 6.54 Å². The van der Waals surface area contributed by atoms with Crippen molar-refractivity contribution in [3.05, 3.63) is 71.3 Å². The molecule has 0 aliphatic rings. The topological polar surface area (TPSA) is 29.1 Å². The normalized spacial score (nSPS) is 11.2. The van der Waals surface area contributed by atoms with Gasteiger partial charge in [-0.1, -0.05) is 42.5 Å². The predicted octanol–water partition coefficient (Wildman–Crippen LogP) is 3.64. The van der Waals surface area contributed by atoms with Gasteiger partial charge in [-0.25, -0.2) is 0 Å². The molecule has 5 heteroatoms. The Morgan fingerprint density at radius 2 is 1.55 bits per heavy atom. The van der Waals surface area contributed by atoms with Crippen LogP contribution in [-0.4, -0.2) is 5.91 Å². The summed E-state index contributed by atoms with van der Waals surface area (Å²) in [4.78, 5) is 11.9. The van der Waals surface area contributed by atoms with Crippen molar-refractivity contribution in [2.24, 2.45) is 0 Å². The minimum atomic E-state index is -4.54. The van der Waals surface area contributed by atoms with Gasteiger partial charge in [0.1, 0.15) is 0 Å². The van der Waals surface area contributed by atoms with E-state index in [1.54, 1.807) is 24.3 Å². The summed E-state index contributed by atoms with van der Waals surface area (Å²) in [5, 5.41) is 2.49. The largest absolute Gasteiger partial charge is 0.417 e. The van der Waals surface area contributed by atoms with Crippen LogP contribution in [0.25, 0.3) is 0 Å². The van der Waals surface area contributed by atoms with Crippen LogP contribution in [0, 0.1) is 0 Å². The molecule has 2 nitrogen and oxygen atoms in total. The number of nitrogens with one attached hydrogen (secondary N) is 1. The molecule has 0 bridgehead atoms. The molecule has 1 N–H and O–H groups in total. The third-order valence-corrected chi connectivity index (χ3v) is 2.77. The van der Waals surface area contributed by atoms with Gasteiger partial charge in [-0.05, 0) is 17.7 Å². The maximum atomic E-state index is 12.8. The van der Waals surface area contributed by atoms with Gasteiger partial charge >= 0.3 is 6.18 Å². The van der Waals surface area contributed by atoms with Crippen LogP contribution in [0.15, 0.2) is 54.6 Å². The quantitative estimate of drug-likeness (QED) is 0.913. The number of carbonyl (C=O) groups excluding carboxylic acids is 1. The molecular weight excluding hydrogens is 267 g/mol. The van der Waals surface area contributed by atoms with Crippen LogP contribution in [0.5, 0.6) is 0 Å². The van der Waals surface area contributed by atoms with E-state index >= 15 is 0 Å². The van der Waals surface area contributed by atoms with Crippen molar-refractivity contribution in [2.45, 2.75) is 12.7 Å². The summed E-state index contributed by atoms with van der Waals surface area (Å²) in [5.41, 5.74) is -0.466. The number of amides is 1. The molecule has 0 saturated heterocycles. The number of halogens is 3.